The van der Waals surface area contributed by atoms with Gasteiger partial charge in [0.1, 0.15) is 0 Å². The molecule has 1 saturated heterocycles. The highest BCUT2D eigenvalue weighted by atomic mass is 32.2. The Balaban J connectivity index is 1.43. The molecule has 0 radical (unpaired) electrons. The lowest BCUT2D eigenvalue weighted by Gasteiger charge is -2.33. The molecule has 1 aliphatic carbocycles. The Kier molecular flexibility index (Phi) is 7.95. The molecule has 2 fully saturated rings. The SMILES string of the molecule is COc1cc(N2CC[C@H](NS(C)(=O)=O)[C@@H]2CO[C@H]2CC[C@@H](c3ccccc3)CC2)cnc1OC. The van der Waals surface area contributed by atoms with E-state index < -0.39 is 10.0 Å². The summed E-state index contributed by atoms with van der Waals surface area (Å²) < 4.78 is 43.9. The first-order valence-electron chi connectivity index (χ1n) is 11.9. The number of hydrogen-bond acceptors (Lipinski definition) is 7. The van der Waals surface area contributed by atoms with Crippen molar-refractivity contribution in [1.29, 1.82) is 0 Å². The van der Waals surface area contributed by atoms with Crippen LogP contribution in [-0.4, -0.2) is 65.2 Å². The number of sulfonamides is 1. The van der Waals surface area contributed by atoms with E-state index in [1.807, 2.05) is 6.07 Å². The van der Waals surface area contributed by atoms with Crippen molar-refractivity contribution in [2.75, 3.05) is 38.5 Å². The number of benzene rings is 1. The zero-order valence-electron chi connectivity index (χ0n) is 20.1. The fourth-order valence-corrected chi connectivity index (χ4v) is 6.02. The molecule has 1 aromatic heterocycles. The average molecular weight is 490 g/mol. The first-order valence-corrected chi connectivity index (χ1v) is 13.8. The van der Waals surface area contributed by atoms with Crippen molar-refractivity contribution >= 4 is 15.7 Å². The molecule has 186 valence electrons. The summed E-state index contributed by atoms with van der Waals surface area (Å²) in [5.41, 5.74) is 2.26. The second-order valence-corrected chi connectivity index (χ2v) is 10.9. The predicted molar refractivity (Wildman–Crippen MR) is 132 cm³/mol. The number of methoxy groups -OCH3 is 2. The molecular weight excluding hydrogens is 454 g/mol. The van der Waals surface area contributed by atoms with Gasteiger partial charge in [0, 0.05) is 18.7 Å². The third-order valence-electron chi connectivity index (χ3n) is 6.91. The highest BCUT2D eigenvalue weighted by molar-refractivity contribution is 7.88. The van der Waals surface area contributed by atoms with E-state index in [9.17, 15) is 8.42 Å². The van der Waals surface area contributed by atoms with Crippen LogP contribution >= 0.6 is 0 Å². The van der Waals surface area contributed by atoms with Gasteiger partial charge >= 0.3 is 0 Å². The molecule has 4 rings (SSSR count). The van der Waals surface area contributed by atoms with Crippen LogP contribution in [0.1, 0.15) is 43.6 Å². The van der Waals surface area contributed by atoms with Crippen molar-refractivity contribution in [3.05, 3.63) is 48.2 Å². The molecule has 0 bridgehead atoms. The Labute approximate surface area is 202 Å². The van der Waals surface area contributed by atoms with Crippen LogP contribution in [0.25, 0.3) is 0 Å². The van der Waals surface area contributed by atoms with Crippen LogP contribution in [0.5, 0.6) is 11.6 Å². The standard InChI is InChI=1S/C25H35N3O5S/c1-31-24-15-20(16-26-25(24)32-2)28-14-13-22(27-34(3,29)30)23(28)17-33-21-11-9-19(10-12-21)18-7-5-4-6-8-18/h4-8,15-16,19,21-23,27H,9-14,17H2,1-3H3/t19-,21+,22-,23-/m0/s1. The minimum Gasteiger partial charge on any atom is -0.491 e. The molecule has 2 atom stereocenters. The van der Waals surface area contributed by atoms with E-state index in [2.05, 4.69) is 44.9 Å². The topological polar surface area (TPSA) is 90.0 Å². The smallest absolute Gasteiger partial charge is 0.256 e. The van der Waals surface area contributed by atoms with E-state index in [4.69, 9.17) is 14.2 Å². The fraction of sp³-hybridized carbons (Fsp3) is 0.560. The van der Waals surface area contributed by atoms with Gasteiger partial charge in [0.2, 0.25) is 10.0 Å². The summed E-state index contributed by atoms with van der Waals surface area (Å²) in [6, 6.07) is 12.2. The lowest BCUT2D eigenvalue weighted by Crippen LogP contribution is -2.48. The maximum Gasteiger partial charge on any atom is 0.256 e. The van der Waals surface area contributed by atoms with Gasteiger partial charge < -0.3 is 19.1 Å². The third-order valence-corrected chi connectivity index (χ3v) is 7.64. The number of pyridine rings is 1. The fourth-order valence-electron chi connectivity index (χ4n) is 5.19. The number of nitrogens with zero attached hydrogens (tertiary/aromatic N) is 2. The maximum absolute atomic E-state index is 12.0. The zero-order chi connectivity index (χ0) is 24.1. The van der Waals surface area contributed by atoms with Gasteiger partial charge in [-0.2, -0.15) is 0 Å². The molecule has 1 N–H and O–H groups in total. The van der Waals surface area contributed by atoms with E-state index in [1.54, 1.807) is 20.4 Å². The number of hydrogen-bond donors (Lipinski definition) is 1. The molecule has 2 aliphatic rings. The predicted octanol–water partition coefficient (Wildman–Crippen LogP) is 3.34. The Bertz CT molecular complexity index is 1040. The molecular formula is C25H35N3O5S. The minimum absolute atomic E-state index is 0.138. The summed E-state index contributed by atoms with van der Waals surface area (Å²) in [7, 11) is -0.215. The Morgan fingerprint density at radius 1 is 1.06 bits per heavy atom. The van der Waals surface area contributed by atoms with Crippen LogP contribution in [0, 0.1) is 0 Å². The van der Waals surface area contributed by atoms with E-state index in [0.717, 1.165) is 31.4 Å². The van der Waals surface area contributed by atoms with Crippen LogP contribution in [-0.2, 0) is 14.8 Å². The first kappa shape index (κ1) is 24.8. The normalized spacial score (nSPS) is 25.3. The highest BCUT2D eigenvalue weighted by Crippen LogP contribution is 2.36. The van der Waals surface area contributed by atoms with Crippen molar-refractivity contribution in [1.82, 2.24) is 9.71 Å². The highest BCUT2D eigenvalue weighted by Gasteiger charge is 2.37. The lowest BCUT2D eigenvalue weighted by atomic mass is 9.83. The maximum atomic E-state index is 12.0. The monoisotopic (exact) mass is 489 g/mol. The van der Waals surface area contributed by atoms with Gasteiger partial charge in [0.25, 0.3) is 5.88 Å². The van der Waals surface area contributed by atoms with E-state index >= 15 is 0 Å². The average Bonchev–Trinajstić information content (AvgIpc) is 3.23. The summed E-state index contributed by atoms with van der Waals surface area (Å²) >= 11 is 0. The molecule has 8 nitrogen and oxygen atoms in total. The van der Waals surface area contributed by atoms with Crippen LogP contribution in [0.4, 0.5) is 5.69 Å². The molecule has 2 heterocycles. The van der Waals surface area contributed by atoms with Gasteiger partial charge in [-0.05, 0) is 43.6 Å². The molecule has 9 heteroatoms. The zero-order valence-corrected chi connectivity index (χ0v) is 21.0. The van der Waals surface area contributed by atoms with Crippen LogP contribution < -0.4 is 19.1 Å². The molecule has 1 aromatic carbocycles. The first-order chi connectivity index (χ1) is 16.4. The largest absolute Gasteiger partial charge is 0.491 e. The summed E-state index contributed by atoms with van der Waals surface area (Å²) in [5, 5.41) is 0. The van der Waals surface area contributed by atoms with Crippen molar-refractivity contribution in [3.63, 3.8) is 0 Å². The number of ether oxygens (including phenoxy) is 3. The quantitative estimate of drug-likeness (QED) is 0.578. The van der Waals surface area contributed by atoms with Crippen LogP contribution in [0.2, 0.25) is 0 Å². The molecule has 1 aliphatic heterocycles. The Hall–Kier alpha value is -2.36. The molecule has 0 unspecified atom stereocenters. The van der Waals surface area contributed by atoms with Crippen molar-refractivity contribution in [2.24, 2.45) is 0 Å². The number of rotatable bonds is 9. The number of anilines is 1. The second-order valence-electron chi connectivity index (χ2n) is 9.17. The van der Waals surface area contributed by atoms with Gasteiger partial charge in [-0.3, -0.25) is 0 Å². The molecule has 34 heavy (non-hydrogen) atoms. The summed E-state index contributed by atoms with van der Waals surface area (Å²) in [5.74, 6) is 1.54. The van der Waals surface area contributed by atoms with Crippen LogP contribution in [0.3, 0.4) is 0 Å². The third kappa shape index (κ3) is 6.00. The summed E-state index contributed by atoms with van der Waals surface area (Å²) in [4.78, 5) is 6.53. The van der Waals surface area contributed by atoms with Crippen molar-refractivity contribution in [2.45, 2.75) is 56.2 Å². The van der Waals surface area contributed by atoms with Crippen molar-refractivity contribution in [3.8, 4) is 11.6 Å². The van der Waals surface area contributed by atoms with E-state index in [-0.39, 0.29) is 18.2 Å². The summed E-state index contributed by atoms with van der Waals surface area (Å²) in [6.07, 6.45) is 8.05. The number of aromatic nitrogens is 1. The Morgan fingerprint density at radius 3 is 2.44 bits per heavy atom. The molecule has 0 spiro atoms. The van der Waals surface area contributed by atoms with Gasteiger partial charge in [0.15, 0.2) is 5.75 Å². The van der Waals surface area contributed by atoms with Gasteiger partial charge in [-0.15, -0.1) is 0 Å². The molecule has 2 aromatic rings. The summed E-state index contributed by atoms with van der Waals surface area (Å²) in [6.45, 7) is 1.14. The lowest BCUT2D eigenvalue weighted by molar-refractivity contribution is 0.0157. The van der Waals surface area contributed by atoms with E-state index in [1.165, 1.54) is 11.8 Å². The Morgan fingerprint density at radius 2 is 1.79 bits per heavy atom. The van der Waals surface area contributed by atoms with Crippen LogP contribution in [0.15, 0.2) is 42.6 Å². The molecule has 0 amide bonds. The second kappa shape index (κ2) is 10.9. The van der Waals surface area contributed by atoms with E-state index in [0.29, 0.717) is 37.1 Å². The minimum atomic E-state index is -3.34. The van der Waals surface area contributed by atoms with Gasteiger partial charge in [-0.1, -0.05) is 30.3 Å². The van der Waals surface area contributed by atoms with Crippen molar-refractivity contribution < 1.29 is 22.6 Å². The van der Waals surface area contributed by atoms with Gasteiger partial charge in [-0.25, -0.2) is 18.1 Å². The van der Waals surface area contributed by atoms with Gasteiger partial charge in [0.05, 0.1) is 51.1 Å². The molecule has 1 saturated carbocycles. The number of nitrogens with one attached hydrogen (secondary N) is 1.